The third kappa shape index (κ3) is 3.51. The highest BCUT2D eigenvalue weighted by Gasteiger charge is 2.56. The molecule has 1 fully saturated rings. The second kappa shape index (κ2) is 7.54. The van der Waals surface area contributed by atoms with Gasteiger partial charge < -0.3 is 15.8 Å². The summed E-state index contributed by atoms with van der Waals surface area (Å²) >= 11 is 0. The number of nitrogens with two attached hydrogens (primary N) is 1. The van der Waals surface area contributed by atoms with Gasteiger partial charge >= 0.3 is 0 Å². The first-order valence-corrected chi connectivity index (χ1v) is 10.8. The summed E-state index contributed by atoms with van der Waals surface area (Å²) in [7, 11) is -2.81. The van der Waals surface area contributed by atoms with Crippen LogP contribution in [0.15, 0.2) is 41.5 Å². The van der Waals surface area contributed by atoms with Crippen molar-refractivity contribution in [3.8, 4) is 0 Å². The number of nitrogens with one attached hydrogen (secondary N) is 1. The van der Waals surface area contributed by atoms with Crippen LogP contribution >= 0.6 is 0 Å². The predicted octanol–water partition coefficient (Wildman–Crippen LogP) is 1.53. The van der Waals surface area contributed by atoms with E-state index in [-0.39, 0.29) is 35.9 Å². The molecule has 2 aliphatic heterocycles. The minimum Gasteiger partial charge on any atom is -0.369 e. The van der Waals surface area contributed by atoms with Crippen LogP contribution < -0.4 is 11.1 Å². The molecule has 0 radical (unpaired) electrons. The largest absolute Gasteiger partial charge is 0.369 e. The number of pyridine rings is 1. The molecule has 3 N–H and O–H groups in total. The molecule has 1 amide bonds. The number of rotatable bonds is 3. The number of amides is 1. The molecule has 164 valence electrons. The molecular weight excluding hydrogens is 432 g/mol. The average Bonchev–Trinajstić information content (AvgIpc) is 2.74. The standard InChI is InChI=1S/C19H19F2N5O4S/c1-26-18(22)25-19(7-2-8-30-17(19)31(26,28)29)13-9-12(4-5-14(13)21)24-16(27)15-6-3-11(20)10-23-15/h3-6,9-10,17H,2,7-8H2,1H3,(H2,22,25)(H,24,27). The van der Waals surface area contributed by atoms with Crippen molar-refractivity contribution in [2.45, 2.75) is 23.8 Å². The maximum atomic E-state index is 15.0. The Morgan fingerprint density at radius 2 is 2.10 bits per heavy atom. The molecule has 1 aromatic carbocycles. The van der Waals surface area contributed by atoms with E-state index < -0.39 is 38.5 Å². The van der Waals surface area contributed by atoms with Gasteiger partial charge in [-0.2, -0.15) is 0 Å². The highest BCUT2D eigenvalue weighted by Crippen LogP contribution is 2.46. The zero-order valence-corrected chi connectivity index (χ0v) is 17.2. The van der Waals surface area contributed by atoms with E-state index in [1.165, 1.54) is 25.2 Å². The van der Waals surface area contributed by atoms with Gasteiger partial charge in [0.2, 0.25) is 11.4 Å². The molecule has 0 bridgehead atoms. The SMILES string of the molecule is CN1C(N)=NC2(c3cc(NC(=O)c4ccc(F)cn4)ccc3F)CCCOC2S1(=O)=O. The summed E-state index contributed by atoms with van der Waals surface area (Å²) in [5.74, 6) is -2.25. The van der Waals surface area contributed by atoms with Crippen LogP contribution in [0.25, 0.3) is 0 Å². The zero-order chi connectivity index (χ0) is 22.4. The van der Waals surface area contributed by atoms with E-state index in [0.717, 1.165) is 22.6 Å². The first-order chi connectivity index (χ1) is 14.6. The number of ether oxygens (including phenoxy) is 1. The molecule has 0 saturated carbocycles. The lowest BCUT2D eigenvalue weighted by atomic mass is 9.84. The monoisotopic (exact) mass is 451 g/mol. The lowest BCUT2D eigenvalue weighted by molar-refractivity contribution is 0.000601. The van der Waals surface area contributed by atoms with Crippen molar-refractivity contribution < 1.29 is 26.7 Å². The molecule has 0 aliphatic carbocycles. The molecule has 1 saturated heterocycles. The number of aromatic nitrogens is 1. The van der Waals surface area contributed by atoms with Crippen LogP contribution in [-0.4, -0.2) is 48.7 Å². The molecule has 4 rings (SSSR count). The lowest BCUT2D eigenvalue weighted by Gasteiger charge is -2.45. The molecule has 12 heteroatoms. The number of anilines is 1. The molecule has 31 heavy (non-hydrogen) atoms. The van der Waals surface area contributed by atoms with E-state index in [1.54, 1.807) is 0 Å². The second-order valence-electron chi connectivity index (χ2n) is 7.22. The smallest absolute Gasteiger partial charge is 0.274 e. The van der Waals surface area contributed by atoms with Crippen LogP contribution in [0.2, 0.25) is 0 Å². The van der Waals surface area contributed by atoms with E-state index in [0.29, 0.717) is 6.42 Å². The Kier molecular flexibility index (Phi) is 5.13. The summed E-state index contributed by atoms with van der Waals surface area (Å²) in [6.45, 7) is 0.170. The third-order valence-corrected chi connectivity index (χ3v) is 7.32. The van der Waals surface area contributed by atoms with Crippen LogP contribution in [0, 0.1) is 11.6 Å². The van der Waals surface area contributed by atoms with Gasteiger partial charge in [0, 0.05) is 24.9 Å². The number of hydrogen-bond donors (Lipinski definition) is 2. The van der Waals surface area contributed by atoms with Crippen LogP contribution in [0.3, 0.4) is 0 Å². The quantitative estimate of drug-likeness (QED) is 0.729. The zero-order valence-electron chi connectivity index (χ0n) is 16.4. The molecule has 2 unspecified atom stereocenters. The minimum atomic E-state index is -4.06. The van der Waals surface area contributed by atoms with E-state index in [1.807, 2.05) is 0 Å². The summed E-state index contributed by atoms with van der Waals surface area (Å²) in [6, 6.07) is 6.00. The van der Waals surface area contributed by atoms with Gasteiger partial charge in [0.25, 0.3) is 15.9 Å². The summed E-state index contributed by atoms with van der Waals surface area (Å²) < 4.78 is 60.2. The Balaban J connectivity index is 1.77. The van der Waals surface area contributed by atoms with Crippen molar-refractivity contribution >= 4 is 27.6 Å². The summed E-state index contributed by atoms with van der Waals surface area (Å²) in [6.07, 6.45) is 1.51. The Hall–Kier alpha value is -3.12. The fourth-order valence-corrected chi connectivity index (χ4v) is 5.39. The minimum absolute atomic E-state index is 0.0477. The van der Waals surface area contributed by atoms with Gasteiger partial charge in [0.1, 0.15) is 22.9 Å². The Labute approximate surface area is 177 Å². The normalized spacial score (nSPS) is 24.8. The summed E-state index contributed by atoms with van der Waals surface area (Å²) in [5, 5.41) is 2.55. The molecular formula is C19H19F2N5O4S. The number of benzene rings is 1. The van der Waals surface area contributed by atoms with E-state index in [2.05, 4.69) is 15.3 Å². The van der Waals surface area contributed by atoms with Crippen LogP contribution in [-0.2, 0) is 20.3 Å². The third-order valence-electron chi connectivity index (χ3n) is 5.30. The first-order valence-electron chi connectivity index (χ1n) is 9.33. The number of carbonyl (C=O) groups is 1. The Bertz CT molecular complexity index is 1170. The number of halogens is 2. The number of nitrogens with zero attached hydrogens (tertiary/aromatic N) is 3. The van der Waals surface area contributed by atoms with E-state index in [4.69, 9.17) is 10.5 Å². The van der Waals surface area contributed by atoms with Crippen molar-refractivity contribution in [3.63, 3.8) is 0 Å². The summed E-state index contributed by atoms with van der Waals surface area (Å²) in [4.78, 5) is 20.5. The molecule has 1 aromatic heterocycles. The molecule has 9 nitrogen and oxygen atoms in total. The molecule has 2 aromatic rings. The number of sulfonamides is 1. The number of aliphatic imine (C=N–C) groups is 1. The molecule has 2 aliphatic rings. The molecule has 3 heterocycles. The van der Waals surface area contributed by atoms with Gasteiger partial charge in [-0.3, -0.25) is 4.79 Å². The number of fused-ring (bicyclic) bond motifs is 1. The first kappa shape index (κ1) is 21.1. The fraction of sp³-hybridized carbons (Fsp3) is 0.316. The Morgan fingerprint density at radius 1 is 1.32 bits per heavy atom. The average molecular weight is 451 g/mol. The number of hydrogen-bond acceptors (Lipinski definition) is 7. The van der Waals surface area contributed by atoms with Crippen molar-refractivity contribution in [2.24, 2.45) is 10.7 Å². The molecule has 0 spiro atoms. The highest BCUT2D eigenvalue weighted by molar-refractivity contribution is 7.90. The van der Waals surface area contributed by atoms with Crippen molar-refractivity contribution in [1.82, 2.24) is 9.29 Å². The van der Waals surface area contributed by atoms with E-state index >= 15 is 0 Å². The fourth-order valence-electron chi connectivity index (χ4n) is 3.74. The maximum Gasteiger partial charge on any atom is 0.274 e. The topological polar surface area (TPSA) is 127 Å². The number of guanidine groups is 1. The van der Waals surface area contributed by atoms with E-state index in [9.17, 15) is 22.0 Å². The maximum absolute atomic E-state index is 15.0. The van der Waals surface area contributed by atoms with Gasteiger partial charge in [-0.25, -0.2) is 31.5 Å². The van der Waals surface area contributed by atoms with Gasteiger partial charge in [-0.15, -0.1) is 0 Å². The van der Waals surface area contributed by atoms with Crippen LogP contribution in [0.4, 0.5) is 14.5 Å². The second-order valence-corrected chi connectivity index (χ2v) is 9.23. The summed E-state index contributed by atoms with van der Waals surface area (Å²) in [5.41, 5.74) is 2.84. The number of carbonyl (C=O) groups excluding carboxylic acids is 1. The Morgan fingerprint density at radius 3 is 2.81 bits per heavy atom. The predicted molar refractivity (Wildman–Crippen MR) is 108 cm³/mol. The van der Waals surface area contributed by atoms with Gasteiger partial charge in [-0.05, 0) is 43.2 Å². The lowest BCUT2D eigenvalue weighted by Crippen LogP contribution is -2.60. The molecule has 2 atom stereocenters. The van der Waals surface area contributed by atoms with Crippen molar-refractivity contribution in [1.29, 1.82) is 0 Å². The van der Waals surface area contributed by atoms with Crippen molar-refractivity contribution in [2.75, 3.05) is 19.0 Å². The van der Waals surface area contributed by atoms with Gasteiger partial charge in [-0.1, -0.05) is 0 Å². The van der Waals surface area contributed by atoms with Gasteiger partial charge in [0.05, 0.1) is 6.20 Å². The highest BCUT2D eigenvalue weighted by atomic mass is 32.2. The van der Waals surface area contributed by atoms with Crippen molar-refractivity contribution in [3.05, 3.63) is 59.4 Å². The van der Waals surface area contributed by atoms with Crippen LogP contribution in [0.5, 0.6) is 0 Å². The van der Waals surface area contributed by atoms with Crippen LogP contribution in [0.1, 0.15) is 28.9 Å². The van der Waals surface area contributed by atoms with Gasteiger partial charge in [0.15, 0.2) is 0 Å².